The van der Waals surface area contributed by atoms with E-state index in [4.69, 9.17) is 0 Å². The summed E-state index contributed by atoms with van der Waals surface area (Å²) in [5, 5.41) is 7.78. The van der Waals surface area contributed by atoms with Crippen LogP contribution in [-0.2, 0) is 16.0 Å². The highest BCUT2D eigenvalue weighted by Crippen LogP contribution is 2.17. The largest absolute Gasteiger partial charge is 0.354 e. The Bertz CT molecular complexity index is 893. The lowest BCUT2D eigenvalue weighted by Gasteiger charge is -2.09. The van der Waals surface area contributed by atoms with Gasteiger partial charge in [0.2, 0.25) is 11.8 Å². The summed E-state index contributed by atoms with van der Waals surface area (Å²) < 4.78 is 26.7. The van der Waals surface area contributed by atoms with Crippen LogP contribution in [0.5, 0.6) is 0 Å². The fourth-order valence-electron chi connectivity index (χ4n) is 2.44. The zero-order chi connectivity index (χ0) is 21.2. The van der Waals surface area contributed by atoms with E-state index >= 15 is 0 Å². The van der Waals surface area contributed by atoms with Crippen molar-refractivity contribution in [3.63, 3.8) is 0 Å². The van der Waals surface area contributed by atoms with E-state index in [9.17, 15) is 23.2 Å². The average molecular weight is 468 g/mol. The Balaban J connectivity index is 1.60. The molecule has 0 aromatic heterocycles. The van der Waals surface area contributed by atoms with Gasteiger partial charge in [-0.1, -0.05) is 12.1 Å². The number of hydrogen-bond acceptors (Lipinski definition) is 3. The lowest BCUT2D eigenvalue weighted by molar-refractivity contribution is -0.122. The Morgan fingerprint density at radius 1 is 0.828 bits per heavy atom. The second-order valence-electron chi connectivity index (χ2n) is 6.14. The Kier molecular flexibility index (Phi) is 8.72. The van der Waals surface area contributed by atoms with E-state index in [1.54, 1.807) is 6.07 Å². The molecule has 0 atom stereocenters. The van der Waals surface area contributed by atoms with E-state index in [0.29, 0.717) is 10.0 Å². The molecule has 0 radical (unpaired) electrons. The monoisotopic (exact) mass is 467 g/mol. The van der Waals surface area contributed by atoms with Crippen molar-refractivity contribution in [1.29, 1.82) is 0 Å². The highest BCUT2D eigenvalue weighted by atomic mass is 79.9. The fourth-order valence-corrected chi connectivity index (χ4v) is 2.87. The molecule has 0 fully saturated rings. The lowest BCUT2D eigenvalue weighted by Crippen LogP contribution is -2.36. The van der Waals surface area contributed by atoms with Crippen LogP contribution in [0.2, 0.25) is 0 Å². The maximum Gasteiger partial charge on any atom is 0.252 e. The molecule has 0 unspecified atom stereocenters. The Hall–Kier alpha value is -2.81. The third-order valence-electron chi connectivity index (χ3n) is 3.83. The Morgan fingerprint density at radius 2 is 1.52 bits per heavy atom. The number of carbonyl (C=O) groups excluding carboxylic acids is 3. The quantitative estimate of drug-likeness (QED) is 0.494. The summed E-state index contributed by atoms with van der Waals surface area (Å²) in [4.78, 5) is 35.5. The topological polar surface area (TPSA) is 87.3 Å². The van der Waals surface area contributed by atoms with E-state index in [1.165, 1.54) is 30.3 Å². The molecule has 9 heteroatoms. The van der Waals surface area contributed by atoms with Crippen LogP contribution in [0.1, 0.15) is 22.3 Å². The van der Waals surface area contributed by atoms with Gasteiger partial charge < -0.3 is 16.0 Å². The minimum Gasteiger partial charge on any atom is -0.354 e. The van der Waals surface area contributed by atoms with Crippen molar-refractivity contribution in [2.24, 2.45) is 0 Å². The third kappa shape index (κ3) is 7.98. The number of hydrogen-bond donors (Lipinski definition) is 3. The van der Waals surface area contributed by atoms with Crippen molar-refractivity contribution >= 4 is 33.7 Å². The lowest BCUT2D eigenvalue weighted by atomic mass is 10.1. The molecule has 0 saturated carbocycles. The van der Waals surface area contributed by atoms with Crippen LogP contribution in [0.25, 0.3) is 0 Å². The van der Waals surface area contributed by atoms with Crippen molar-refractivity contribution in [1.82, 2.24) is 16.0 Å². The van der Waals surface area contributed by atoms with Crippen LogP contribution in [-0.4, -0.2) is 37.4 Å². The summed E-state index contributed by atoms with van der Waals surface area (Å²) >= 11 is 3.17. The highest BCUT2D eigenvalue weighted by Gasteiger charge is 2.11. The van der Waals surface area contributed by atoms with Crippen molar-refractivity contribution in [2.45, 2.75) is 12.8 Å². The van der Waals surface area contributed by atoms with Crippen LogP contribution < -0.4 is 16.0 Å². The zero-order valence-electron chi connectivity index (χ0n) is 15.4. The van der Waals surface area contributed by atoms with Gasteiger partial charge in [0.25, 0.3) is 5.91 Å². The van der Waals surface area contributed by atoms with Gasteiger partial charge in [0.1, 0.15) is 11.6 Å². The van der Waals surface area contributed by atoms with Crippen molar-refractivity contribution in [3.05, 3.63) is 69.7 Å². The molecule has 29 heavy (non-hydrogen) atoms. The Morgan fingerprint density at radius 3 is 2.24 bits per heavy atom. The molecule has 3 N–H and O–H groups in total. The summed E-state index contributed by atoms with van der Waals surface area (Å²) in [6.45, 7) is 0.527. The smallest absolute Gasteiger partial charge is 0.252 e. The molecule has 6 nitrogen and oxygen atoms in total. The summed E-state index contributed by atoms with van der Waals surface area (Å²) in [5.74, 6) is -2.01. The van der Waals surface area contributed by atoms with Crippen molar-refractivity contribution in [2.75, 3.05) is 19.6 Å². The molecule has 0 saturated heterocycles. The van der Waals surface area contributed by atoms with Crippen LogP contribution in [0, 0.1) is 11.6 Å². The average Bonchev–Trinajstić information content (AvgIpc) is 2.67. The predicted molar refractivity (Wildman–Crippen MR) is 107 cm³/mol. The third-order valence-corrected chi connectivity index (χ3v) is 4.53. The van der Waals surface area contributed by atoms with E-state index < -0.39 is 17.5 Å². The molecule has 154 valence electrons. The van der Waals surface area contributed by atoms with Crippen LogP contribution in [0.3, 0.4) is 0 Å². The molecule has 2 aromatic rings. The molecule has 0 bridgehead atoms. The number of rotatable bonds is 9. The first-order chi connectivity index (χ1) is 13.8. The van der Waals surface area contributed by atoms with Crippen molar-refractivity contribution < 1.29 is 23.2 Å². The van der Waals surface area contributed by atoms with E-state index in [-0.39, 0.29) is 49.9 Å². The number of carbonyl (C=O) groups is 3. The zero-order valence-corrected chi connectivity index (χ0v) is 17.0. The molecule has 0 aliphatic rings. The van der Waals surface area contributed by atoms with Gasteiger partial charge in [0.05, 0.1) is 12.0 Å². The van der Waals surface area contributed by atoms with Gasteiger partial charge >= 0.3 is 0 Å². The number of nitrogens with one attached hydrogen (secondary N) is 3. The van der Waals surface area contributed by atoms with E-state index in [0.717, 1.165) is 6.07 Å². The molecule has 0 aliphatic heterocycles. The second-order valence-corrected chi connectivity index (χ2v) is 6.99. The first-order valence-electron chi connectivity index (χ1n) is 8.86. The molecule has 3 amide bonds. The van der Waals surface area contributed by atoms with Gasteiger partial charge in [-0.15, -0.1) is 0 Å². The summed E-state index contributed by atoms with van der Waals surface area (Å²) in [5.41, 5.74) is 0.707. The minimum absolute atomic E-state index is 0.0376. The molecule has 0 spiro atoms. The van der Waals surface area contributed by atoms with Gasteiger partial charge in [-0.25, -0.2) is 8.78 Å². The molecule has 0 aliphatic carbocycles. The molecule has 2 rings (SSSR count). The van der Waals surface area contributed by atoms with E-state index in [1.807, 2.05) is 0 Å². The summed E-state index contributed by atoms with van der Waals surface area (Å²) in [7, 11) is 0. The van der Waals surface area contributed by atoms with Gasteiger partial charge in [-0.3, -0.25) is 14.4 Å². The molecular weight excluding hydrogens is 448 g/mol. The number of halogens is 3. The predicted octanol–water partition coefficient (Wildman–Crippen LogP) is 2.32. The van der Waals surface area contributed by atoms with Crippen LogP contribution in [0.15, 0.2) is 46.9 Å². The first-order valence-corrected chi connectivity index (χ1v) is 9.65. The van der Waals surface area contributed by atoms with Crippen LogP contribution >= 0.6 is 15.9 Å². The van der Waals surface area contributed by atoms with Crippen LogP contribution in [0.4, 0.5) is 8.78 Å². The standard InChI is InChI=1S/C20H20BrF2N3O3/c21-17-5-4-15(23)12-16(17)20(29)26-7-6-18(27)24-8-9-25-19(28)11-13-2-1-3-14(22)10-13/h1-5,10,12H,6-9,11H2,(H,24,27)(H,25,28)(H,26,29). The maximum absolute atomic E-state index is 13.2. The summed E-state index contributed by atoms with van der Waals surface area (Å²) in [6, 6.07) is 9.54. The molecular formula is C20H20BrF2N3O3. The second kappa shape index (κ2) is 11.3. The van der Waals surface area contributed by atoms with Gasteiger partial charge in [0, 0.05) is 30.5 Å². The fraction of sp³-hybridized carbons (Fsp3) is 0.250. The number of benzene rings is 2. The van der Waals surface area contributed by atoms with Gasteiger partial charge in [-0.2, -0.15) is 0 Å². The summed E-state index contributed by atoms with van der Waals surface area (Å²) in [6.07, 6.45) is 0.0866. The van der Waals surface area contributed by atoms with E-state index in [2.05, 4.69) is 31.9 Å². The maximum atomic E-state index is 13.2. The number of amides is 3. The minimum atomic E-state index is -0.532. The highest BCUT2D eigenvalue weighted by molar-refractivity contribution is 9.10. The SMILES string of the molecule is O=C(CCNC(=O)c1cc(F)ccc1Br)NCCNC(=O)Cc1cccc(F)c1. The van der Waals surface area contributed by atoms with Gasteiger partial charge in [-0.05, 0) is 51.8 Å². The van der Waals surface area contributed by atoms with Gasteiger partial charge in [0.15, 0.2) is 0 Å². The normalized spacial score (nSPS) is 10.3. The Labute approximate surface area is 175 Å². The first kappa shape index (κ1) is 22.5. The molecule has 0 heterocycles. The van der Waals surface area contributed by atoms with Crippen molar-refractivity contribution in [3.8, 4) is 0 Å². The molecule has 2 aromatic carbocycles.